The fourth-order valence-corrected chi connectivity index (χ4v) is 2.33. The molecule has 1 heterocycles. The number of piperidine rings is 1. The van der Waals surface area contributed by atoms with E-state index in [4.69, 9.17) is 9.47 Å². The van der Waals surface area contributed by atoms with Gasteiger partial charge in [0.1, 0.15) is 12.5 Å². The van der Waals surface area contributed by atoms with E-state index in [9.17, 15) is 14.4 Å². The number of carbonyl (C=O) groups excluding carboxylic acids is 3. The molecule has 1 aliphatic heterocycles. The molecule has 1 saturated heterocycles. The predicted octanol–water partition coefficient (Wildman–Crippen LogP) is 2.17. The van der Waals surface area contributed by atoms with Crippen LogP contribution in [0.25, 0.3) is 0 Å². The lowest BCUT2D eigenvalue weighted by Crippen LogP contribution is -2.47. The summed E-state index contributed by atoms with van der Waals surface area (Å²) in [4.78, 5) is 37.3. The van der Waals surface area contributed by atoms with Crippen molar-refractivity contribution in [1.29, 1.82) is 0 Å². The summed E-state index contributed by atoms with van der Waals surface area (Å²) >= 11 is 0. The van der Waals surface area contributed by atoms with Crippen molar-refractivity contribution >= 4 is 17.8 Å². The fraction of sp³-hybridized carbons (Fsp3) is 0.471. The number of hydrogen-bond acceptors (Lipinski definition) is 5. The normalized spacial score (nSPS) is 18.0. The Kier molecular flexibility index (Phi) is 5.73. The molecule has 6 heteroatoms. The lowest BCUT2D eigenvalue weighted by atomic mass is 9.97. The van der Waals surface area contributed by atoms with Crippen molar-refractivity contribution in [2.24, 2.45) is 5.92 Å². The molecule has 0 saturated carbocycles. The first-order valence-electron chi connectivity index (χ1n) is 7.66. The molecule has 1 fully saturated rings. The molecule has 0 N–H and O–H groups in total. The van der Waals surface area contributed by atoms with Gasteiger partial charge < -0.3 is 14.4 Å². The van der Waals surface area contributed by atoms with E-state index in [2.05, 4.69) is 0 Å². The van der Waals surface area contributed by atoms with Crippen molar-refractivity contribution in [3.63, 3.8) is 0 Å². The van der Waals surface area contributed by atoms with Crippen LogP contribution in [-0.2, 0) is 25.7 Å². The average molecular weight is 319 g/mol. The van der Waals surface area contributed by atoms with Crippen LogP contribution < -0.4 is 0 Å². The number of esters is 1. The first-order chi connectivity index (χ1) is 11.0. The van der Waals surface area contributed by atoms with Gasteiger partial charge in [-0.1, -0.05) is 30.3 Å². The highest BCUT2D eigenvalue weighted by molar-refractivity contribution is 6.00. The molecule has 1 unspecified atom stereocenters. The van der Waals surface area contributed by atoms with Gasteiger partial charge in [0.05, 0.1) is 6.10 Å². The van der Waals surface area contributed by atoms with E-state index in [1.165, 1.54) is 4.90 Å². The molecule has 1 atom stereocenters. The summed E-state index contributed by atoms with van der Waals surface area (Å²) in [5.41, 5.74) is 0.879. The van der Waals surface area contributed by atoms with Crippen LogP contribution in [-0.4, -0.2) is 41.9 Å². The standard InChI is InChI=1S/C17H21NO5/c1-12(2)23-16(20)14-10-18(9-8-15(14)19)17(21)22-11-13-6-4-3-5-7-13/h3-7,12,14H,8-11H2,1-2H3. The third-order valence-electron chi connectivity index (χ3n) is 3.52. The minimum absolute atomic E-state index is 0.0119. The Balaban J connectivity index is 1.90. The molecule has 0 spiro atoms. The Morgan fingerprint density at radius 1 is 1.26 bits per heavy atom. The third-order valence-corrected chi connectivity index (χ3v) is 3.52. The van der Waals surface area contributed by atoms with Gasteiger partial charge in [0, 0.05) is 19.5 Å². The van der Waals surface area contributed by atoms with Crippen LogP contribution in [0, 0.1) is 5.92 Å². The average Bonchev–Trinajstić information content (AvgIpc) is 2.53. The molecule has 0 radical (unpaired) electrons. The number of carbonyl (C=O) groups is 3. The molecule has 1 aromatic carbocycles. The molecular weight excluding hydrogens is 298 g/mol. The van der Waals surface area contributed by atoms with Gasteiger partial charge in [0.25, 0.3) is 0 Å². The first kappa shape index (κ1) is 17.0. The van der Waals surface area contributed by atoms with E-state index < -0.39 is 18.0 Å². The van der Waals surface area contributed by atoms with E-state index in [0.717, 1.165) is 5.56 Å². The number of ketones is 1. The predicted molar refractivity (Wildman–Crippen MR) is 82.5 cm³/mol. The van der Waals surface area contributed by atoms with E-state index >= 15 is 0 Å². The molecule has 0 aliphatic carbocycles. The van der Waals surface area contributed by atoms with Gasteiger partial charge in [-0.15, -0.1) is 0 Å². The summed E-state index contributed by atoms with van der Waals surface area (Å²) in [5.74, 6) is -1.69. The van der Waals surface area contributed by atoms with Gasteiger partial charge in [-0.05, 0) is 19.4 Å². The summed E-state index contributed by atoms with van der Waals surface area (Å²) in [6.45, 7) is 3.87. The molecular formula is C17H21NO5. The number of benzene rings is 1. The third kappa shape index (κ3) is 4.81. The Morgan fingerprint density at radius 2 is 1.96 bits per heavy atom. The lowest BCUT2D eigenvalue weighted by molar-refractivity contribution is -0.157. The van der Waals surface area contributed by atoms with Crippen LogP contribution >= 0.6 is 0 Å². The topological polar surface area (TPSA) is 72.9 Å². The second-order valence-electron chi connectivity index (χ2n) is 5.74. The quantitative estimate of drug-likeness (QED) is 0.628. The van der Waals surface area contributed by atoms with Crippen LogP contribution in [0.15, 0.2) is 30.3 Å². The highest BCUT2D eigenvalue weighted by atomic mass is 16.6. The lowest BCUT2D eigenvalue weighted by Gasteiger charge is -2.30. The molecule has 1 amide bonds. The number of likely N-dealkylation sites (tertiary alicyclic amines) is 1. The van der Waals surface area contributed by atoms with Gasteiger partial charge in [-0.3, -0.25) is 9.59 Å². The summed E-state index contributed by atoms with van der Waals surface area (Å²) in [5, 5.41) is 0. The van der Waals surface area contributed by atoms with Crippen molar-refractivity contribution in [3.8, 4) is 0 Å². The monoisotopic (exact) mass is 319 g/mol. The van der Waals surface area contributed by atoms with Crippen molar-refractivity contribution in [2.75, 3.05) is 13.1 Å². The summed E-state index contributed by atoms with van der Waals surface area (Å²) in [6.07, 6.45) is -0.683. The van der Waals surface area contributed by atoms with Crippen molar-refractivity contribution < 1.29 is 23.9 Å². The zero-order valence-corrected chi connectivity index (χ0v) is 13.4. The highest BCUT2D eigenvalue weighted by Gasteiger charge is 2.36. The molecule has 1 aliphatic rings. The summed E-state index contributed by atoms with van der Waals surface area (Å²) < 4.78 is 10.3. The molecule has 124 valence electrons. The van der Waals surface area contributed by atoms with E-state index in [1.807, 2.05) is 30.3 Å². The number of hydrogen-bond donors (Lipinski definition) is 0. The van der Waals surface area contributed by atoms with Crippen LogP contribution in [0.1, 0.15) is 25.8 Å². The van der Waals surface area contributed by atoms with Gasteiger partial charge in [0.2, 0.25) is 0 Å². The first-order valence-corrected chi connectivity index (χ1v) is 7.66. The zero-order chi connectivity index (χ0) is 16.8. The van der Waals surface area contributed by atoms with Gasteiger partial charge >= 0.3 is 12.1 Å². The molecule has 2 rings (SSSR count). The molecule has 6 nitrogen and oxygen atoms in total. The number of ether oxygens (including phenoxy) is 2. The second kappa shape index (κ2) is 7.76. The number of amides is 1. The number of nitrogens with zero attached hydrogens (tertiary/aromatic N) is 1. The van der Waals surface area contributed by atoms with Crippen molar-refractivity contribution in [1.82, 2.24) is 4.90 Å². The highest BCUT2D eigenvalue weighted by Crippen LogP contribution is 2.17. The van der Waals surface area contributed by atoms with E-state index in [-0.39, 0.29) is 38.0 Å². The minimum Gasteiger partial charge on any atom is -0.462 e. The van der Waals surface area contributed by atoms with Gasteiger partial charge in [-0.2, -0.15) is 0 Å². The van der Waals surface area contributed by atoms with Crippen molar-refractivity contribution in [2.45, 2.75) is 33.0 Å². The SMILES string of the molecule is CC(C)OC(=O)C1CN(C(=O)OCc2ccccc2)CCC1=O. The van der Waals surface area contributed by atoms with E-state index in [0.29, 0.717) is 0 Å². The molecule has 1 aromatic rings. The maximum atomic E-state index is 12.1. The Morgan fingerprint density at radius 3 is 2.61 bits per heavy atom. The largest absolute Gasteiger partial charge is 0.462 e. The zero-order valence-electron chi connectivity index (χ0n) is 13.4. The Bertz CT molecular complexity index is 570. The smallest absolute Gasteiger partial charge is 0.410 e. The maximum absolute atomic E-state index is 12.1. The number of rotatable bonds is 4. The second-order valence-corrected chi connectivity index (χ2v) is 5.74. The van der Waals surface area contributed by atoms with Crippen LogP contribution in [0.3, 0.4) is 0 Å². The fourth-order valence-electron chi connectivity index (χ4n) is 2.33. The molecule has 0 aromatic heterocycles. The van der Waals surface area contributed by atoms with Gasteiger partial charge in [-0.25, -0.2) is 4.79 Å². The van der Waals surface area contributed by atoms with Crippen LogP contribution in [0.4, 0.5) is 4.79 Å². The Labute approximate surface area is 135 Å². The summed E-state index contributed by atoms with van der Waals surface area (Å²) in [7, 11) is 0. The maximum Gasteiger partial charge on any atom is 0.410 e. The van der Waals surface area contributed by atoms with Gasteiger partial charge in [0.15, 0.2) is 5.78 Å². The van der Waals surface area contributed by atoms with Crippen molar-refractivity contribution in [3.05, 3.63) is 35.9 Å². The summed E-state index contributed by atoms with van der Waals surface area (Å²) in [6, 6.07) is 9.32. The minimum atomic E-state index is -0.921. The van der Waals surface area contributed by atoms with E-state index in [1.54, 1.807) is 13.8 Å². The molecule has 0 bridgehead atoms. The van der Waals surface area contributed by atoms with Crippen LogP contribution in [0.2, 0.25) is 0 Å². The molecule has 23 heavy (non-hydrogen) atoms. The van der Waals surface area contributed by atoms with Crippen LogP contribution in [0.5, 0.6) is 0 Å². The number of Topliss-reactive ketones (excluding diaryl/α,β-unsaturated/α-hetero) is 1. The Hall–Kier alpha value is -2.37.